The van der Waals surface area contributed by atoms with E-state index in [1.165, 1.54) is 16.2 Å². The molecule has 3 heterocycles. The molecule has 5 rings (SSSR count). The first kappa shape index (κ1) is 22.6. The fourth-order valence-electron chi connectivity index (χ4n) is 4.12. The molecule has 0 spiro atoms. The molecular weight excluding hydrogens is 468 g/mol. The molecule has 1 saturated heterocycles. The summed E-state index contributed by atoms with van der Waals surface area (Å²) in [6.45, 7) is 0.615. The van der Waals surface area contributed by atoms with Crippen LogP contribution in [0.2, 0.25) is 0 Å². The third-order valence-electron chi connectivity index (χ3n) is 5.88. The molecule has 3 N–H and O–H groups in total. The largest absolute Gasteiger partial charge is 0.477 e. The Kier molecular flexibility index (Phi) is 6.19. The Morgan fingerprint density at radius 3 is 2.80 bits per heavy atom. The number of H-pyrrole nitrogens is 1. The minimum atomic E-state index is -1.02. The van der Waals surface area contributed by atoms with Crippen molar-refractivity contribution >= 4 is 45.3 Å². The van der Waals surface area contributed by atoms with Crippen molar-refractivity contribution in [3.8, 4) is 11.3 Å². The van der Waals surface area contributed by atoms with Gasteiger partial charge in [-0.2, -0.15) is 0 Å². The predicted octanol–water partition coefficient (Wildman–Crippen LogP) is 4.73. The van der Waals surface area contributed by atoms with Crippen LogP contribution in [0.15, 0.2) is 60.0 Å². The zero-order chi connectivity index (χ0) is 24.4. The van der Waals surface area contributed by atoms with Gasteiger partial charge in [0.05, 0.1) is 5.69 Å². The highest BCUT2D eigenvalue weighted by Crippen LogP contribution is 2.29. The van der Waals surface area contributed by atoms with Crippen molar-refractivity contribution in [1.29, 1.82) is 0 Å². The molecule has 0 aliphatic carbocycles. The van der Waals surface area contributed by atoms with Gasteiger partial charge < -0.3 is 20.1 Å². The number of ether oxygens (including phenoxy) is 1. The Morgan fingerprint density at radius 2 is 2.00 bits per heavy atom. The summed E-state index contributed by atoms with van der Waals surface area (Å²) in [5.74, 6) is -1.32. The van der Waals surface area contributed by atoms with E-state index < -0.39 is 18.1 Å². The van der Waals surface area contributed by atoms with Crippen LogP contribution in [-0.4, -0.2) is 50.5 Å². The summed E-state index contributed by atoms with van der Waals surface area (Å²) in [6.07, 6.45) is 0.767. The maximum atomic E-state index is 12.9. The second kappa shape index (κ2) is 9.59. The topological polar surface area (TPSA) is 125 Å². The van der Waals surface area contributed by atoms with Gasteiger partial charge in [0, 0.05) is 28.4 Å². The average Bonchev–Trinajstić information content (AvgIpc) is 3.62. The van der Waals surface area contributed by atoms with E-state index in [2.05, 4.69) is 15.3 Å². The second-order valence-corrected chi connectivity index (χ2v) is 9.07. The lowest BCUT2D eigenvalue weighted by Crippen LogP contribution is -2.43. The lowest BCUT2D eigenvalue weighted by atomic mass is 10.1. The van der Waals surface area contributed by atoms with Gasteiger partial charge in [-0.05, 0) is 36.6 Å². The van der Waals surface area contributed by atoms with Gasteiger partial charge in [0.15, 0.2) is 5.13 Å². The fourth-order valence-corrected chi connectivity index (χ4v) is 4.84. The summed E-state index contributed by atoms with van der Waals surface area (Å²) in [6, 6.07) is 15.8. The van der Waals surface area contributed by atoms with Crippen molar-refractivity contribution in [3.05, 3.63) is 71.2 Å². The first-order valence-electron chi connectivity index (χ1n) is 11.1. The molecule has 2 aromatic carbocycles. The molecule has 35 heavy (non-hydrogen) atoms. The molecule has 0 bridgehead atoms. The highest BCUT2D eigenvalue weighted by molar-refractivity contribution is 7.14. The van der Waals surface area contributed by atoms with Crippen LogP contribution in [0.4, 0.5) is 9.93 Å². The predicted molar refractivity (Wildman–Crippen MR) is 131 cm³/mol. The van der Waals surface area contributed by atoms with Crippen molar-refractivity contribution in [1.82, 2.24) is 14.9 Å². The number of carboxylic acid groups (broad SMARTS) is 1. The van der Waals surface area contributed by atoms with Crippen molar-refractivity contribution in [2.45, 2.75) is 25.5 Å². The molecule has 2 amide bonds. The van der Waals surface area contributed by atoms with Gasteiger partial charge in [0.2, 0.25) is 5.91 Å². The molecule has 178 valence electrons. The molecule has 1 aliphatic rings. The molecule has 10 heteroatoms. The number of fused-ring (bicyclic) bond motifs is 1. The summed E-state index contributed by atoms with van der Waals surface area (Å²) >= 11 is 1.28. The molecule has 2 aromatic heterocycles. The molecule has 0 unspecified atom stereocenters. The van der Waals surface area contributed by atoms with Crippen LogP contribution in [0.25, 0.3) is 22.2 Å². The zero-order valence-electron chi connectivity index (χ0n) is 18.6. The van der Waals surface area contributed by atoms with E-state index in [1.54, 1.807) is 12.1 Å². The lowest BCUT2D eigenvalue weighted by molar-refractivity contribution is -0.120. The number of aromatic nitrogens is 2. The summed E-state index contributed by atoms with van der Waals surface area (Å²) < 4.78 is 5.41. The minimum Gasteiger partial charge on any atom is -0.477 e. The van der Waals surface area contributed by atoms with E-state index in [4.69, 9.17) is 9.84 Å². The van der Waals surface area contributed by atoms with Crippen molar-refractivity contribution in [2.24, 2.45) is 0 Å². The Hall–Kier alpha value is -4.18. The number of carbonyl (C=O) groups is 3. The number of aromatic amines is 1. The maximum Gasteiger partial charge on any atom is 0.410 e. The third-order valence-corrected chi connectivity index (χ3v) is 6.63. The van der Waals surface area contributed by atoms with Crippen LogP contribution in [0, 0.1) is 0 Å². The Labute approximate surface area is 204 Å². The monoisotopic (exact) mass is 490 g/mol. The van der Waals surface area contributed by atoms with Crippen LogP contribution < -0.4 is 5.32 Å². The molecule has 1 aliphatic heterocycles. The highest BCUT2D eigenvalue weighted by Gasteiger charge is 2.35. The number of hydrogen-bond acceptors (Lipinski definition) is 6. The van der Waals surface area contributed by atoms with Crippen molar-refractivity contribution in [3.63, 3.8) is 0 Å². The summed E-state index contributed by atoms with van der Waals surface area (Å²) in [5, 5.41) is 15.0. The number of thiazole rings is 1. The van der Waals surface area contributed by atoms with Gasteiger partial charge in [-0.1, -0.05) is 36.4 Å². The number of carboxylic acids is 1. The van der Waals surface area contributed by atoms with E-state index in [0.717, 1.165) is 28.5 Å². The molecule has 0 radical (unpaired) electrons. The number of amides is 2. The maximum absolute atomic E-state index is 12.9. The molecule has 1 fully saturated rings. The Morgan fingerprint density at radius 1 is 1.17 bits per heavy atom. The number of anilines is 1. The summed E-state index contributed by atoms with van der Waals surface area (Å²) in [5.41, 5.74) is 3.18. The first-order chi connectivity index (χ1) is 17.0. The number of nitrogens with one attached hydrogen (secondary N) is 2. The fraction of sp³-hybridized carbons (Fsp3) is 0.200. The van der Waals surface area contributed by atoms with Gasteiger partial charge >= 0.3 is 12.1 Å². The molecule has 1 atom stereocenters. The zero-order valence-corrected chi connectivity index (χ0v) is 19.4. The number of rotatable bonds is 6. The molecule has 9 nitrogen and oxygen atoms in total. The number of carbonyl (C=O) groups excluding carboxylic acids is 2. The first-order valence-corrected chi connectivity index (χ1v) is 12.0. The number of nitrogens with zero attached hydrogens (tertiary/aromatic N) is 2. The van der Waals surface area contributed by atoms with Crippen LogP contribution in [0.1, 0.15) is 28.9 Å². The third kappa shape index (κ3) is 4.87. The van der Waals surface area contributed by atoms with Crippen LogP contribution >= 0.6 is 11.3 Å². The number of hydrogen-bond donors (Lipinski definition) is 3. The van der Waals surface area contributed by atoms with Gasteiger partial charge in [-0.25, -0.2) is 14.6 Å². The number of aromatic carboxylic acids is 1. The van der Waals surface area contributed by atoms with Gasteiger partial charge in [0.25, 0.3) is 0 Å². The molecule has 4 aromatic rings. The van der Waals surface area contributed by atoms with Crippen LogP contribution in [-0.2, 0) is 16.1 Å². The SMILES string of the molecule is O=C(O)c1cc2cc(-c3csc(NC(=O)[C@H]4CCCN4C(=O)OCc4ccccc4)n3)ccc2[nH]1. The Balaban J connectivity index is 1.24. The van der Waals surface area contributed by atoms with Gasteiger partial charge in [-0.3, -0.25) is 9.69 Å². The Bertz CT molecular complexity index is 1400. The normalized spacial score (nSPS) is 15.3. The molecule has 0 saturated carbocycles. The average molecular weight is 491 g/mol. The molecular formula is C25H22N4O5S. The standard InChI is InChI=1S/C25H22N4O5S/c30-22(21-7-4-10-29(21)25(33)34-13-15-5-2-1-3-6-15)28-24-27-20(14-35-24)16-8-9-18-17(11-16)12-19(26-18)23(31)32/h1-3,5-6,8-9,11-12,14,21,26H,4,7,10,13H2,(H,31,32)(H,27,28,30)/t21-/m1/s1. The van der Waals surface area contributed by atoms with Crippen molar-refractivity contribution < 1.29 is 24.2 Å². The van der Waals surface area contributed by atoms with Gasteiger partial charge in [-0.15, -0.1) is 11.3 Å². The van der Waals surface area contributed by atoms with Crippen LogP contribution in [0.5, 0.6) is 0 Å². The van der Waals surface area contributed by atoms with E-state index in [0.29, 0.717) is 23.8 Å². The smallest absolute Gasteiger partial charge is 0.410 e. The van der Waals surface area contributed by atoms with E-state index in [-0.39, 0.29) is 18.2 Å². The van der Waals surface area contributed by atoms with Gasteiger partial charge in [0.1, 0.15) is 18.3 Å². The van der Waals surface area contributed by atoms with E-state index >= 15 is 0 Å². The van der Waals surface area contributed by atoms with Crippen LogP contribution in [0.3, 0.4) is 0 Å². The highest BCUT2D eigenvalue weighted by atomic mass is 32.1. The lowest BCUT2D eigenvalue weighted by Gasteiger charge is -2.22. The summed E-state index contributed by atoms with van der Waals surface area (Å²) in [4.78, 5) is 45.6. The second-order valence-electron chi connectivity index (χ2n) is 8.21. The number of benzene rings is 2. The quantitative estimate of drug-likeness (QED) is 0.359. The minimum absolute atomic E-state index is 0.117. The number of likely N-dealkylation sites (tertiary alicyclic amines) is 1. The van der Waals surface area contributed by atoms with Crippen molar-refractivity contribution in [2.75, 3.05) is 11.9 Å². The summed E-state index contributed by atoms with van der Waals surface area (Å²) in [7, 11) is 0. The van der Waals surface area contributed by atoms with E-state index in [9.17, 15) is 14.4 Å². The van der Waals surface area contributed by atoms with E-state index in [1.807, 2.05) is 47.8 Å².